The number of amides is 2. The number of hydrogen-bond donors (Lipinski definition) is 1. The molecule has 5 rings (SSSR count). The number of rotatable bonds is 7. The van der Waals surface area contributed by atoms with Gasteiger partial charge in [-0.1, -0.05) is 32.0 Å². The summed E-state index contributed by atoms with van der Waals surface area (Å²) in [6.07, 6.45) is 2.35. The zero-order valence-electron chi connectivity index (χ0n) is 18.5. The summed E-state index contributed by atoms with van der Waals surface area (Å²) in [4.78, 5) is 28.0. The van der Waals surface area contributed by atoms with E-state index in [0.717, 1.165) is 29.7 Å². The van der Waals surface area contributed by atoms with Crippen molar-refractivity contribution >= 4 is 17.5 Å². The molecule has 3 aliphatic heterocycles. The summed E-state index contributed by atoms with van der Waals surface area (Å²) in [5, 5.41) is 3.02. The zero-order valence-corrected chi connectivity index (χ0v) is 18.5. The lowest BCUT2D eigenvalue weighted by atomic mass is 9.77. The molecule has 0 aliphatic carbocycles. The second kappa shape index (κ2) is 8.04. The van der Waals surface area contributed by atoms with Crippen molar-refractivity contribution in [2.24, 2.45) is 5.92 Å². The molecular weight excluding hydrogens is 408 g/mol. The van der Waals surface area contributed by atoms with Crippen LogP contribution in [0, 0.1) is 5.92 Å². The predicted octanol–water partition coefficient (Wildman–Crippen LogP) is 3.38. The average Bonchev–Trinajstić information content (AvgIpc) is 3.48. The molecular formula is C25H28N2O5. The van der Waals surface area contributed by atoms with Gasteiger partial charge in [0.1, 0.15) is 17.8 Å². The predicted molar refractivity (Wildman–Crippen MR) is 119 cm³/mol. The SMILES string of the molecule is CCC(CC)C(=O)NCCCN1C(=O)C2(COc3cc4c(cc32)OCO4)c2ccccc21. The van der Waals surface area contributed by atoms with Crippen LogP contribution in [-0.4, -0.2) is 38.3 Å². The maximum Gasteiger partial charge on any atom is 0.245 e. The van der Waals surface area contributed by atoms with E-state index in [2.05, 4.69) is 5.32 Å². The Morgan fingerprint density at radius 3 is 2.59 bits per heavy atom. The minimum atomic E-state index is -0.883. The maximum absolute atomic E-state index is 13.9. The fourth-order valence-corrected chi connectivity index (χ4v) is 5.04. The van der Waals surface area contributed by atoms with E-state index in [1.165, 1.54) is 0 Å². The molecule has 3 heterocycles. The summed E-state index contributed by atoms with van der Waals surface area (Å²) in [6, 6.07) is 11.6. The molecule has 2 aromatic rings. The summed E-state index contributed by atoms with van der Waals surface area (Å²) in [6.45, 7) is 5.55. The zero-order chi connectivity index (χ0) is 22.3. The standard InChI is InChI=1S/C25H28N2O5/c1-3-16(4-2)23(28)26-10-7-11-27-19-9-6-5-8-17(19)25(24(27)29)14-30-20-13-22-21(12-18(20)25)31-15-32-22/h5-6,8-9,12-13,16H,3-4,7,10-11,14-15H2,1-2H3,(H,26,28). The number of ether oxygens (including phenoxy) is 3. The van der Waals surface area contributed by atoms with Gasteiger partial charge in [0.25, 0.3) is 0 Å². The Morgan fingerprint density at radius 1 is 1.06 bits per heavy atom. The van der Waals surface area contributed by atoms with Crippen molar-refractivity contribution in [3.05, 3.63) is 47.5 Å². The van der Waals surface area contributed by atoms with Crippen molar-refractivity contribution in [2.45, 2.75) is 38.5 Å². The molecule has 2 amide bonds. The highest BCUT2D eigenvalue weighted by atomic mass is 16.7. The Morgan fingerprint density at radius 2 is 1.81 bits per heavy atom. The highest BCUT2D eigenvalue weighted by Crippen LogP contribution is 2.54. The molecule has 168 valence electrons. The second-order valence-corrected chi connectivity index (χ2v) is 8.53. The summed E-state index contributed by atoms with van der Waals surface area (Å²) in [7, 11) is 0. The molecule has 0 aromatic heterocycles. The molecule has 32 heavy (non-hydrogen) atoms. The van der Waals surface area contributed by atoms with Crippen molar-refractivity contribution in [2.75, 3.05) is 31.4 Å². The van der Waals surface area contributed by atoms with Gasteiger partial charge in [-0.05, 0) is 37.0 Å². The van der Waals surface area contributed by atoms with Crippen LogP contribution >= 0.6 is 0 Å². The molecule has 7 nitrogen and oxygen atoms in total. The average molecular weight is 437 g/mol. The Bertz CT molecular complexity index is 1060. The molecule has 1 atom stereocenters. The van der Waals surface area contributed by atoms with Gasteiger partial charge in [-0.2, -0.15) is 0 Å². The van der Waals surface area contributed by atoms with Crippen LogP contribution in [0.2, 0.25) is 0 Å². The molecule has 0 fully saturated rings. The molecule has 0 radical (unpaired) electrons. The normalized spacial score (nSPS) is 20.0. The number of fused-ring (bicyclic) bond motifs is 5. The third kappa shape index (κ3) is 3.02. The van der Waals surface area contributed by atoms with Crippen LogP contribution in [0.4, 0.5) is 5.69 Å². The number of para-hydroxylation sites is 1. The van der Waals surface area contributed by atoms with Crippen molar-refractivity contribution in [1.29, 1.82) is 0 Å². The van der Waals surface area contributed by atoms with Gasteiger partial charge in [0.2, 0.25) is 18.6 Å². The Hall–Kier alpha value is -3.22. The fourth-order valence-electron chi connectivity index (χ4n) is 5.04. The van der Waals surface area contributed by atoms with E-state index in [1.54, 1.807) is 0 Å². The van der Waals surface area contributed by atoms with Gasteiger partial charge in [-0.25, -0.2) is 0 Å². The number of carbonyl (C=O) groups excluding carboxylic acids is 2. The lowest BCUT2D eigenvalue weighted by Crippen LogP contribution is -2.43. The Kier molecular flexibility index (Phi) is 5.19. The number of carbonyl (C=O) groups is 2. The topological polar surface area (TPSA) is 77.1 Å². The molecule has 0 bridgehead atoms. The fraction of sp³-hybridized carbons (Fsp3) is 0.440. The van der Waals surface area contributed by atoms with Gasteiger partial charge in [-0.3, -0.25) is 9.59 Å². The van der Waals surface area contributed by atoms with Gasteiger partial charge >= 0.3 is 0 Å². The Balaban J connectivity index is 1.38. The van der Waals surface area contributed by atoms with Crippen molar-refractivity contribution in [3.8, 4) is 17.2 Å². The monoisotopic (exact) mass is 436 g/mol. The first-order valence-corrected chi connectivity index (χ1v) is 11.4. The van der Waals surface area contributed by atoms with Crippen LogP contribution < -0.4 is 24.4 Å². The number of benzene rings is 2. The van der Waals surface area contributed by atoms with Gasteiger partial charge in [0.15, 0.2) is 11.5 Å². The van der Waals surface area contributed by atoms with E-state index in [1.807, 2.05) is 55.1 Å². The van der Waals surface area contributed by atoms with Crippen LogP contribution in [0.5, 0.6) is 17.2 Å². The van der Waals surface area contributed by atoms with Gasteiger partial charge in [0.05, 0.1) is 0 Å². The molecule has 7 heteroatoms. The van der Waals surface area contributed by atoms with Gasteiger partial charge in [0, 0.05) is 36.3 Å². The highest BCUT2D eigenvalue weighted by Gasteiger charge is 2.57. The van der Waals surface area contributed by atoms with Crippen LogP contribution in [0.1, 0.15) is 44.2 Å². The molecule has 0 saturated carbocycles. The van der Waals surface area contributed by atoms with E-state index in [4.69, 9.17) is 14.2 Å². The third-order valence-corrected chi connectivity index (χ3v) is 6.86. The first kappa shape index (κ1) is 20.7. The first-order chi connectivity index (χ1) is 15.6. The van der Waals surface area contributed by atoms with Crippen molar-refractivity contribution in [3.63, 3.8) is 0 Å². The quantitative estimate of drug-likeness (QED) is 0.674. The van der Waals surface area contributed by atoms with Crippen LogP contribution in [0.15, 0.2) is 36.4 Å². The largest absolute Gasteiger partial charge is 0.491 e. The van der Waals surface area contributed by atoms with E-state index >= 15 is 0 Å². The van der Waals surface area contributed by atoms with Crippen molar-refractivity contribution in [1.82, 2.24) is 5.32 Å². The summed E-state index contributed by atoms with van der Waals surface area (Å²) >= 11 is 0. The van der Waals surface area contributed by atoms with E-state index in [9.17, 15) is 9.59 Å². The Labute approximate surface area is 187 Å². The lowest BCUT2D eigenvalue weighted by Gasteiger charge is -2.23. The van der Waals surface area contributed by atoms with Crippen LogP contribution in [0.3, 0.4) is 0 Å². The molecule has 0 saturated heterocycles. The van der Waals surface area contributed by atoms with E-state index in [0.29, 0.717) is 36.8 Å². The van der Waals surface area contributed by atoms with Crippen LogP contribution in [0.25, 0.3) is 0 Å². The third-order valence-electron chi connectivity index (χ3n) is 6.86. The lowest BCUT2D eigenvalue weighted by molar-refractivity contribution is -0.125. The minimum Gasteiger partial charge on any atom is -0.491 e. The molecule has 1 spiro atoms. The van der Waals surface area contributed by atoms with Gasteiger partial charge < -0.3 is 24.4 Å². The molecule has 1 N–H and O–H groups in total. The van der Waals surface area contributed by atoms with E-state index < -0.39 is 5.41 Å². The minimum absolute atomic E-state index is 0.00244. The number of nitrogens with zero attached hydrogens (tertiary/aromatic N) is 1. The number of hydrogen-bond acceptors (Lipinski definition) is 5. The smallest absolute Gasteiger partial charge is 0.245 e. The molecule has 2 aromatic carbocycles. The highest BCUT2D eigenvalue weighted by molar-refractivity contribution is 6.11. The van der Waals surface area contributed by atoms with E-state index in [-0.39, 0.29) is 31.1 Å². The first-order valence-electron chi connectivity index (χ1n) is 11.4. The molecule has 3 aliphatic rings. The molecule has 1 unspecified atom stereocenters. The maximum atomic E-state index is 13.9. The summed E-state index contributed by atoms with van der Waals surface area (Å²) in [5.74, 6) is 2.09. The second-order valence-electron chi connectivity index (χ2n) is 8.53. The summed E-state index contributed by atoms with van der Waals surface area (Å²) in [5.41, 5.74) is 1.79. The van der Waals surface area contributed by atoms with Gasteiger partial charge in [-0.15, -0.1) is 0 Å². The summed E-state index contributed by atoms with van der Waals surface area (Å²) < 4.78 is 17.1. The van der Waals surface area contributed by atoms with Crippen molar-refractivity contribution < 1.29 is 23.8 Å². The van der Waals surface area contributed by atoms with Crippen LogP contribution in [-0.2, 0) is 15.0 Å². The number of nitrogens with one attached hydrogen (secondary N) is 1. The number of anilines is 1.